The van der Waals surface area contributed by atoms with E-state index in [2.05, 4.69) is 31.2 Å². The van der Waals surface area contributed by atoms with Crippen LogP contribution in [-0.2, 0) is 20.1 Å². The smallest absolute Gasteiger partial charge is 0.192 e. The summed E-state index contributed by atoms with van der Waals surface area (Å²) < 4.78 is 7.40. The lowest BCUT2D eigenvalue weighted by atomic mass is 10.3. The highest BCUT2D eigenvalue weighted by atomic mass is 16.3. The summed E-state index contributed by atoms with van der Waals surface area (Å²) in [4.78, 5) is 9.24. The molecule has 3 rings (SSSR count). The summed E-state index contributed by atoms with van der Waals surface area (Å²) in [7, 11) is 2.02. The first-order valence-electron chi connectivity index (χ1n) is 7.73. The zero-order valence-electron chi connectivity index (χ0n) is 13.4. The molecular formula is C17H21N5O. The second-order valence-corrected chi connectivity index (χ2v) is 5.20. The number of guanidine groups is 1. The molecule has 0 spiro atoms. The molecule has 0 aliphatic carbocycles. The highest BCUT2D eigenvalue weighted by molar-refractivity contribution is 5.80. The number of rotatable bonds is 5. The Morgan fingerprint density at radius 1 is 1.22 bits per heavy atom. The van der Waals surface area contributed by atoms with E-state index in [4.69, 9.17) is 4.42 Å². The van der Waals surface area contributed by atoms with E-state index in [1.165, 1.54) is 0 Å². The van der Waals surface area contributed by atoms with Crippen molar-refractivity contribution in [2.24, 2.45) is 12.0 Å². The van der Waals surface area contributed by atoms with E-state index >= 15 is 0 Å². The lowest BCUT2D eigenvalue weighted by molar-refractivity contribution is 0.501. The molecule has 0 bridgehead atoms. The number of furan rings is 1. The quantitative estimate of drug-likeness (QED) is 0.561. The third kappa shape index (κ3) is 3.53. The highest BCUT2D eigenvalue weighted by Crippen LogP contribution is 2.14. The number of benzene rings is 1. The predicted molar refractivity (Wildman–Crippen MR) is 91.1 cm³/mol. The fraction of sp³-hybridized carbons (Fsp3) is 0.294. The molecule has 0 atom stereocenters. The van der Waals surface area contributed by atoms with E-state index in [1.54, 1.807) is 6.26 Å². The SMILES string of the molecule is CCNC(=NCc1nc2ccccc2n1C)NCc1ccco1. The van der Waals surface area contributed by atoms with Crippen LogP contribution >= 0.6 is 0 Å². The van der Waals surface area contributed by atoms with E-state index in [1.807, 2.05) is 44.3 Å². The largest absolute Gasteiger partial charge is 0.467 e. The van der Waals surface area contributed by atoms with Gasteiger partial charge in [0.2, 0.25) is 0 Å². The topological polar surface area (TPSA) is 67.4 Å². The minimum atomic E-state index is 0.513. The first-order chi connectivity index (χ1) is 11.3. The number of nitrogens with one attached hydrogen (secondary N) is 2. The number of imidazole rings is 1. The molecule has 0 aliphatic rings. The molecule has 1 aromatic carbocycles. The molecule has 2 aromatic heterocycles. The van der Waals surface area contributed by atoms with Gasteiger partial charge in [-0.05, 0) is 31.2 Å². The summed E-state index contributed by atoms with van der Waals surface area (Å²) in [5.41, 5.74) is 2.11. The first kappa shape index (κ1) is 15.1. The summed E-state index contributed by atoms with van der Waals surface area (Å²) in [6, 6.07) is 11.9. The fourth-order valence-electron chi connectivity index (χ4n) is 2.41. The van der Waals surface area contributed by atoms with Crippen molar-refractivity contribution in [1.82, 2.24) is 20.2 Å². The maximum absolute atomic E-state index is 5.32. The Morgan fingerprint density at radius 3 is 2.83 bits per heavy atom. The van der Waals surface area contributed by atoms with E-state index in [9.17, 15) is 0 Å². The third-order valence-corrected chi connectivity index (χ3v) is 3.61. The molecule has 0 aliphatic heterocycles. The number of para-hydroxylation sites is 2. The van der Waals surface area contributed by atoms with Crippen LogP contribution in [0.1, 0.15) is 18.5 Å². The molecule has 0 fully saturated rings. The molecule has 0 radical (unpaired) electrons. The maximum Gasteiger partial charge on any atom is 0.192 e. The van der Waals surface area contributed by atoms with Crippen molar-refractivity contribution in [1.29, 1.82) is 0 Å². The monoisotopic (exact) mass is 311 g/mol. The number of nitrogens with zero attached hydrogens (tertiary/aromatic N) is 3. The van der Waals surface area contributed by atoms with Gasteiger partial charge in [0.25, 0.3) is 0 Å². The number of hydrogen-bond acceptors (Lipinski definition) is 3. The van der Waals surface area contributed by atoms with Gasteiger partial charge in [0, 0.05) is 13.6 Å². The number of hydrogen-bond donors (Lipinski definition) is 2. The second-order valence-electron chi connectivity index (χ2n) is 5.20. The summed E-state index contributed by atoms with van der Waals surface area (Å²) in [6.07, 6.45) is 1.67. The second kappa shape index (κ2) is 7.00. The Kier molecular flexibility index (Phi) is 4.61. The molecule has 0 saturated carbocycles. The van der Waals surface area contributed by atoms with Crippen LogP contribution in [0.5, 0.6) is 0 Å². The van der Waals surface area contributed by atoms with E-state index in [0.717, 1.165) is 35.1 Å². The molecule has 2 heterocycles. The Morgan fingerprint density at radius 2 is 2.09 bits per heavy atom. The van der Waals surface area contributed by atoms with Gasteiger partial charge in [-0.1, -0.05) is 12.1 Å². The average molecular weight is 311 g/mol. The molecule has 6 heteroatoms. The van der Waals surface area contributed by atoms with Crippen LogP contribution in [-0.4, -0.2) is 22.1 Å². The zero-order valence-corrected chi connectivity index (χ0v) is 13.4. The minimum Gasteiger partial charge on any atom is -0.467 e. The standard InChI is InChI=1S/C17H21N5O/c1-3-18-17(19-11-13-7-6-10-23-13)20-12-16-21-14-8-4-5-9-15(14)22(16)2/h4-10H,3,11-12H2,1-2H3,(H2,18,19,20). The van der Waals surface area contributed by atoms with Gasteiger partial charge in [-0.2, -0.15) is 0 Å². The van der Waals surface area contributed by atoms with Crippen LogP contribution in [0.2, 0.25) is 0 Å². The fourth-order valence-corrected chi connectivity index (χ4v) is 2.41. The van der Waals surface area contributed by atoms with Crippen LogP contribution in [0.3, 0.4) is 0 Å². The van der Waals surface area contributed by atoms with Gasteiger partial charge in [-0.25, -0.2) is 9.98 Å². The number of aryl methyl sites for hydroxylation is 1. The van der Waals surface area contributed by atoms with E-state index in [-0.39, 0.29) is 0 Å². The number of fused-ring (bicyclic) bond motifs is 1. The van der Waals surface area contributed by atoms with Gasteiger partial charge >= 0.3 is 0 Å². The lowest BCUT2D eigenvalue weighted by Gasteiger charge is -2.10. The van der Waals surface area contributed by atoms with Crippen LogP contribution in [0.15, 0.2) is 52.1 Å². The Bertz CT molecular complexity index is 789. The molecule has 6 nitrogen and oxygen atoms in total. The average Bonchev–Trinajstić information content (AvgIpc) is 3.19. The van der Waals surface area contributed by atoms with Gasteiger partial charge in [0.15, 0.2) is 5.96 Å². The predicted octanol–water partition coefficient (Wildman–Crippen LogP) is 2.42. The van der Waals surface area contributed by atoms with Gasteiger partial charge in [-0.3, -0.25) is 0 Å². The molecule has 0 saturated heterocycles. The van der Waals surface area contributed by atoms with Gasteiger partial charge in [0.1, 0.15) is 18.1 Å². The normalized spacial score (nSPS) is 11.8. The lowest BCUT2D eigenvalue weighted by Crippen LogP contribution is -2.36. The van der Waals surface area contributed by atoms with Crippen molar-refractivity contribution in [2.75, 3.05) is 6.54 Å². The summed E-state index contributed by atoms with van der Waals surface area (Å²) in [5, 5.41) is 6.48. The highest BCUT2D eigenvalue weighted by Gasteiger charge is 2.07. The van der Waals surface area contributed by atoms with Gasteiger partial charge in [0.05, 0.1) is 23.8 Å². The molecular weight excluding hydrogens is 290 g/mol. The first-order valence-corrected chi connectivity index (χ1v) is 7.73. The molecule has 120 valence electrons. The van der Waals surface area contributed by atoms with Crippen molar-refractivity contribution in [2.45, 2.75) is 20.0 Å². The third-order valence-electron chi connectivity index (χ3n) is 3.61. The van der Waals surface area contributed by atoms with Crippen molar-refractivity contribution in [3.63, 3.8) is 0 Å². The molecule has 2 N–H and O–H groups in total. The van der Waals surface area contributed by atoms with Crippen LogP contribution < -0.4 is 10.6 Å². The summed E-state index contributed by atoms with van der Waals surface area (Å²) in [5.74, 6) is 2.55. The van der Waals surface area contributed by atoms with Gasteiger partial charge in [-0.15, -0.1) is 0 Å². The van der Waals surface area contributed by atoms with E-state index < -0.39 is 0 Å². The summed E-state index contributed by atoms with van der Waals surface area (Å²) >= 11 is 0. The molecule has 3 aromatic rings. The van der Waals surface area contributed by atoms with Crippen molar-refractivity contribution < 1.29 is 4.42 Å². The van der Waals surface area contributed by atoms with Crippen LogP contribution in [0.4, 0.5) is 0 Å². The van der Waals surface area contributed by atoms with E-state index in [0.29, 0.717) is 13.1 Å². The van der Waals surface area contributed by atoms with Crippen molar-refractivity contribution in [3.8, 4) is 0 Å². The van der Waals surface area contributed by atoms with Crippen LogP contribution in [0.25, 0.3) is 11.0 Å². The Balaban J connectivity index is 1.72. The van der Waals surface area contributed by atoms with Gasteiger partial charge < -0.3 is 19.6 Å². The molecule has 0 amide bonds. The molecule has 0 unspecified atom stereocenters. The Labute approximate surface area is 135 Å². The van der Waals surface area contributed by atoms with Crippen LogP contribution in [0, 0.1) is 0 Å². The number of aliphatic imine (C=N–C) groups is 1. The van der Waals surface area contributed by atoms with Crippen molar-refractivity contribution >= 4 is 17.0 Å². The Hall–Kier alpha value is -2.76. The minimum absolute atomic E-state index is 0.513. The zero-order chi connectivity index (χ0) is 16.1. The molecule has 23 heavy (non-hydrogen) atoms. The maximum atomic E-state index is 5.32. The number of aromatic nitrogens is 2. The summed E-state index contributed by atoms with van der Waals surface area (Å²) in [6.45, 7) is 3.95. The van der Waals surface area contributed by atoms with Crippen molar-refractivity contribution in [3.05, 3.63) is 54.2 Å².